The summed E-state index contributed by atoms with van der Waals surface area (Å²) in [5.41, 5.74) is 4.16. The number of hydrogen-bond acceptors (Lipinski definition) is 0. The highest BCUT2D eigenvalue weighted by molar-refractivity contribution is 5.59. The van der Waals surface area contributed by atoms with Crippen molar-refractivity contribution in [3.05, 3.63) is 77.4 Å². The maximum atomic E-state index is 2.20. The Morgan fingerprint density at radius 2 is 0.962 bits per heavy atom. The van der Waals surface area contributed by atoms with Crippen LogP contribution in [0.2, 0.25) is 0 Å². The fourth-order valence-electron chi connectivity index (χ4n) is 1.73. The van der Waals surface area contributed by atoms with Crippen LogP contribution < -0.4 is 0 Å². The van der Waals surface area contributed by atoms with Crippen LogP contribution in [0.15, 0.2) is 60.7 Å². The zero-order valence-corrected chi connectivity index (χ0v) is 19.6. The highest BCUT2D eigenvalue weighted by Gasteiger charge is 2.00. The van der Waals surface area contributed by atoms with Crippen LogP contribution in [0.25, 0.3) is 6.08 Å². The van der Waals surface area contributed by atoms with Crippen LogP contribution in [-0.2, 0) is 6.42 Å². The number of rotatable bonds is 0. The van der Waals surface area contributed by atoms with Crippen molar-refractivity contribution in [2.24, 2.45) is 0 Å². The quantitative estimate of drug-likeness (QED) is 0.440. The van der Waals surface area contributed by atoms with Gasteiger partial charge in [0.05, 0.1) is 0 Å². The van der Waals surface area contributed by atoms with Crippen molar-refractivity contribution in [2.45, 2.75) is 82.6 Å². The molecule has 0 amide bonds. The predicted molar refractivity (Wildman–Crippen MR) is 127 cm³/mol. The van der Waals surface area contributed by atoms with Crippen LogP contribution in [0.5, 0.6) is 0 Å². The Hall–Kier alpha value is -1.82. The molecule has 0 spiro atoms. The van der Waals surface area contributed by atoms with Gasteiger partial charge in [-0.2, -0.15) is 0 Å². The molecule has 0 atom stereocenters. The second-order valence-electron chi connectivity index (χ2n) is 3.96. The van der Waals surface area contributed by atoms with Gasteiger partial charge >= 0.3 is 0 Å². The third kappa shape index (κ3) is 18.5. The molecule has 26 heavy (non-hydrogen) atoms. The van der Waals surface area contributed by atoms with Crippen molar-refractivity contribution in [1.29, 1.82) is 0 Å². The fraction of sp³-hybridized carbons (Fsp3) is 0.462. The molecule has 2 aromatic rings. The van der Waals surface area contributed by atoms with Crippen LogP contribution in [0.4, 0.5) is 0 Å². The van der Waals surface area contributed by atoms with E-state index in [9.17, 15) is 0 Å². The van der Waals surface area contributed by atoms with Crippen molar-refractivity contribution >= 4 is 6.08 Å². The molecule has 0 nitrogen and oxygen atoms in total. The van der Waals surface area contributed by atoms with Gasteiger partial charge in [0, 0.05) is 0 Å². The monoisotopic (exact) mass is 358 g/mol. The van der Waals surface area contributed by atoms with E-state index in [-0.39, 0.29) is 0 Å². The Morgan fingerprint density at radius 3 is 1.35 bits per heavy atom. The summed E-state index contributed by atoms with van der Waals surface area (Å²) in [6.45, 7) is 22.1. The lowest BCUT2D eigenvalue weighted by Gasteiger charge is -1.93. The molecule has 0 saturated carbocycles. The summed E-state index contributed by atoms with van der Waals surface area (Å²) in [5, 5.41) is 0. The summed E-state index contributed by atoms with van der Waals surface area (Å²) < 4.78 is 0. The molecule has 0 bridgehead atoms. The predicted octanol–water partition coefficient (Wildman–Crippen LogP) is 9.38. The lowest BCUT2D eigenvalue weighted by Crippen LogP contribution is -1.76. The van der Waals surface area contributed by atoms with Gasteiger partial charge in [-0.3, -0.25) is 0 Å². The van der Waals surface area contributed by atoms with Crippen LogP contribution in [0, 0.1) is 6.92 Å². The molecular weight excluding hydrogens is 312 g/mol. The Balaban J connectivity index is -0.000000128. The maximum Gasteiger partial charge on any atom is -0.00882 e. The van der Waals surface area contributed by atoms with Gasteiger partial charge in [0.15, 0.2) is 0 Å². The highest BCUT2D eigenvalue weighted by atomic mass is 14.0. The molecule has 2 aromatic carbocycles. The van der Waals surface area contributed by atoms with Gasteiger partial charge in [0.1, 0.15) is 0 Å². The van der Waals surface area contributed by atoms with E-state index >= 15 is 0 Å². The minimum absolute atomic E-state index is 1.12. The van der Waals surface area contributed by atoms with Crippen molar-refractivity contribution in [2.75, 3.05) is 0 Å². The van der Waals surface area contributed by atoms with E-state index in [4.69, 9.17) is 0 Å². The fourth-order valence-corrected chi connectivity index (χ4v) is 1.73. The lowest BCUT2D eigenvalue weighted by molar-refractivity contribution is 1.31. The molecule has 0 heterocycles. The molecule has 3 rings (SSSR count). The summed E-state index contributed by atoms with van der Waals surface area (Å²) in [7, 11) is 0. The van der Waals surface area contributed by atoms with Crippen LogP contribution in [-0.4, -0.2) is 0 Å². The summed E-state index contributed by atoms with van der Waals surface area (Å²) in [5.74, 6) is 0. The Labute approximate surface area is 166 Å². The number of fused-ring (bicyclic) bond motifs is 1. The molecule has 0 aliphatic heterocycles. The van der Waals surface area contributed by atoms with Crippen molar-refractivity contribution in [3.63, 3.8) is 0 Å². The number of hydrogen-bond donors (Lipinski definition) is 0. The van der Waals surface area contributed by atoms with Crippen LogP contribution >= 0.6 is 0 Å². The van der Waals surface area contributed by atoms with Gasteiger partial charge in [-0.25, -0.2) is 0 Å². The van der Waals surface area contributed by atoms with Gasteiger partial charge in [0.2, 0.25) is 0 Å². The molecular formula is C26H46. The molecule has 0 fully saturated rings. The van der Waals surface area contributed by atoms with Gasteiger partial charge in [-0.05, 0) is 24.5 Å². The number of benzene rings is 2. The third-order valence-corrected chi connectivity index (χ3v) is 2.63. The molecule has 1 aliphatic carbocycles. The third-order valence-electron chi connectivity index (χ3n) is 2.63. The normalized spacial score (nSPS) is 8.27. The maximum absolute atomic E-state index is 2.20. The zero-order chi connectivity index (χ0) is 21.2. The average molecular weight is 359 g/mol. The van der Waals surface area contributed by atoms with Crippen molar-refractivity contribution < 1.29 is 0 Å². The van der Waals surface area contributed by atoms with Gasteiger partial charge in [-0.1, -0.05) is 142 Å². The van der Waals surface area contributed by atoms with E-state index in [1.165, 1.54) is 16.7 Å². The van der Waals surface area contributed by atoms with Gasteiger partial charge in [-0.15, -0.1) is 0 Å². The summed E-state index contributed by atoms with van der Waals surface area (Å²) in [6.07, 6.45) is 5.50. The molecule has 150 valence electrons. The second kappa shape index (κ2) is 31.0. The summed E-state index contributed by atoms with van der Waals surface area (Å²) in [4.78, 5) is 0. The van der Waals surface area contributed by atoms with Crippen molar-refractivity contribution in [1.82, 2.24) is 0 Å². The molecule has 0 aromatic heterocycles. The standard InChI is InChI=1S/C9H8.C7H8.5C2H6/c1-2-5-9-7-3-6-8(9)4-1;1-7-5-3-2-4-6-7;5*1-2/h1-6H,7H2;2-6H,1H3;5*1-2H3. The van der Waals surface area contributed by atoms with E-state index in [0.717, 1.165) is 6.42 Å². The topological polar surface area (TPSA) is 0 Å². The minimum Gasteiger partial charge on any atom is -0.0795 e. The van der Waals surface area contributed by atoms with Gasteiger partial charge < -0.3 is 0 Å². The van der Waals surface area contributed by atoms with Crippen LogP contribution in [0.1, 0.15) is 85.9 Å². The smallest absolute Gasteiger partial charge is 0.00882 e. The first-order chi connectivity index (χ1) is 12.9. The van der Waals surface area contributed by atoms with E-state index in [1.54, 1.807) is 0 Å². The first-order valence-electron chi connectivity index (χ1n) is 10.6. The SMILES string of the molecule is C1=Cc2ccccc2C1.CC.CC.CC.CC.CC.Cc1ccccc1. The second-order valence-corrected chi connectivity index (χ2v) is 3.96. The van der Waals surface area contributed by atoms with E-state index in [0.29, 0.717) is 0 Å². The summed E-state index contributed by atoms with van der Waals surface area (Å²) in [6, 6.07) is 18.8. The van der Waals surface area contributed by atoms with E-state index in [1.807, 2.05) is 87.4 Å². The Morgan fingerprint density at radius 1 is 0.538 bits per heavy atom. The first-order valence-corrected chi connectivity index (χ1v) is 10.6. The van der Waals surface area contributed by atoms with Gasteiger partial charge in [0.25, 0.3) is 0 Å². The molecule has 1 aliphatic rings. The Kier molecular flexibility index (Phi) is 38.0. The number of allylic oxidation sites excluding steroid dienone is 1. The summed E-state index contributed by atoms with van der Waals surface area (Å²) >= 11 is 0. The molecule has 0 radical (unpaired) electrons. The van der Waals surface area contributed by atoms with Crippen LogP contribution in [0.3, 0.4) is 0 Å². The minimum atomic E-state index is 1.12. The molecule has 0 heteroatoms. The lowest BCUT2D eigenvalue weighted by atomic mass is 10.1. The average Bonchev–Trinajstić information content (AvgIpc) is 3.25. The molecule has 0 N–H and O–H groups in total. The van der Waals surface area contributed by atoms with E-state index < -0.39 is 0 Å². The zero-order valence-electron chi connectivity index (χ0n) is 19.6. The first kappa shape index (κ1) is 31.9. The molecule has 0 unspecified atom stereocenters. The largest absolute Gasteiger partial charge is 0.0795 e. The number of aryl methyl sites for hydroxylation is 1. The van der Waals surface area contributed by atoms with E-state index in [2.05, 4.69) is 55.5 Å². The van der Waals surface area contributed by atoms with Crippen molar-refractivity contribution in [3.8, 4) is 0 Å². The Bertz CT molecular complexity index is 466. The molecule has 0 saturated heterocycles. The highest BCUT2D eigenvalue weighted by Crippen LogP contribution is 2.17.